The minimum Gasteiger partial charge on any atom is -0.481 e. The van der Waals surface area contributed by atoms with Gasteiger partial charge >= 0.3 is 6.03 Å². The molecule has 11 heteroatoms. The van der Waals surface area contributed by atoms with Crippen molar-refractivity contribution in [1.29, 1.82) is 0 Å². The summed E-state index contributed by atoms with van der Waals surface area (Å²) in [4.78, 5) is 31.7. The summed E-state index contributed by atoms with van der Waals surface area (Å²) in [6.45, 7) is 0. The average molecular weight is 372 g/mol. The predicted molar refractivity (Wildman–Crippen MR) is 88.1 cm³/mol. The second-order valence-corrected chi connectivity index (χ2v) is 7.29. The van der Waals surface area contributed by atoms with Crippen LogP contribution in [-0.4, -0.2) is 49.7 Å². The van der Waals surface area contributed by atoms with E-state index in [9.17, 15) is 18.0 Å². The van der Waals surface area contributed by atoms with Crippen molar-refractivity contribution in [2.45, 2.75) is 37.4 Å². The fourth-order valence-corrected chi connectivity index (χ4v) is 3.84. The number of amides is 2. The highest BCUT2D eigenvalue weighted by molar-refractivity contribution is 7.91. The zero-order chi connectivity index (χ0) is 18.4. The van der Waals surface area contributed by atoms with Crippen molar-refractivity contribution in [3.05, 3.63) is 6.07 Å². The number of nitrogens with zero attached hydrogens (tertiary/aromatic N) is 2. The molecule has 0 radical (unpaired) electrons. The SMILES string of the molecule is COc1cc(OC)nc(NC(=O)NS(=O)(=O)C2CCCCCC2=O)n1. The number of ether oxygens (including phenoxy) is 2. The number of hydrogen-bond acceptors (Lipinski definition) is 8. The number of methoxy groups -OCH3 is 2. The molecule has 0 saturated heterocycles. The minimum absolute atomic E-state index is 0.129. The quantitative estimate of drug-likeness (QED) is 0.726. The lowest BCUT2D eigenvalue weighted by atomic mass is 10.2. The molecule has 0 aromatic carbocycles. The maximum Gasteiger partial charge on any atom is 0.335 e. The molecule has 0 spiro atoms. The van der Waals surface area contributed by atoms with E-state index in [-0.39, 0.29) is 36.3 Å². The van der Waals surface area contributed by atoms with E-state index >= 15 is 0 Å². The van der Waals surface area contributed by atoms with E-state index in [0.717, 1.165) is 6.42 Å². The largest absolute Gasteiger partial charge is 0.481 e. The van der Waals surface area contributed by atoms with Crippen molar-refractivity contribution < 1.29 is 27.5 Å². The van der Waals surface area contributed by atoms with E-state index in [1.807, 2.05) is 4.72 Å². The molecule has 10 nitrogen and oxygen atoms in total. The normalized spacial score (nSPS) is 18.2. The van der Waals surface area contributed by atoms with E-state index in [1.165, 1.54) is 20.3 Å². The lowest BCUT2D eigenvalue weighted by Gasteiger charge is -2.15. The Morgan fingerprint density at radius 3 is 2.40 bits per heavy atom. The van der Waals surface area contributed by atoms with Crippen LogP contribution in [-0.2, 0) is 14.8 Å². The zero-order valence-corrected chi connectivity index (χ0v) is 14.8. The summed E-state index contributed by atoms with van der Waals surface area (Å²) in [5, 5.41) is 0.973. The molecule has 2 N–H and O–H groups in total. The molecule has 1 aliphatic carbocycles. The van der Waals surface area contributed by atoms with Gasteiger partial charge in [-0.05, 0) is 12.8 Å². The molecule has 25 heavy (non-hydrogen) atoms. The van der Waals surface area contributed by atoms with Crippen molar-refractivity contribution in [3.8, 4) is 11.8 Å². The number of ketones is 1. The molecule has 1 unspecified atom stereocenters. The van der Waals surface area contributed by atoms with Crippen molar-refractivity contribution in [2.24, 2.45) is 0 Å². The number of rotatable bonds is 5. The monoisotopic (exact) mass is 372 g/mol. The van der Waals surface area contributed by atoms with Crippen molar-refractivity contribution in [2.75, 3.05) is 19.5 Å². The second kappa shape index (κ2) is 8.10. The highest BCUT2D eigenvalue weighted by Gasteiger charge is 2.34. The Labute approximate surface area is 145 Å². The van der Waals surface area contributed by atoms with Gasteiger partial charge in [0.2, 0.25) is 27.7 Å². The van der Waals surface area contributed by atoms with Gasteiger partial charge in [-0.15, -0.1) is 0 Å². The van der Waals surface area contributed by atoms with Crippen molar-refractivity contribution in [3.63, 3.8) is 0 Å². The van der Waals surface area contributed by atoms with Crippen LogP contribution in [0.25, 0.3) is 0 Å². The minimum atomic E-state index is -4.14. The van der Waals surface area contributed by atoms with Crippen LogP contribution in [0.5, 0.6) is 11.8 Å². The van der Waals surface area contributed by atoms with Gasteiger partial charge in [0.1, 0.15) is 5.25 Å². The molecule has 0 aliphatic heterocycles. The molecule has 2 rings (SSSR count). The Hall–Kier alpha value is -2.43. The summed E-state index contributed by atoms with van der Waals surface area (Å²) >= 11 is 0. The van der Waals surface area contributed by atoms with E-state index in [4.69, 9.17) is 9.47 Å². The molecule has 0 bridgehead atoms. The van der Waals surface area contributed by atoms with Gasteiger partial charge in [0.25, 0.3) is 0 Å². The summed E-state index contributed by atoms with van der Waals surface area (Å²) in [5.41, 5.74) is 0. The molecule has 1 aliphatic rings. The van der Waals surface area contributed by atoms with Crippen LogP contribution in [0.15, 0.2) is 6.07 Å². The summed E-state index contributed by atoms with van der Waals surface area (Å²) in [6, 6.07) is 0.330. The van der Waals surface area contributed by atoms with Gasteiger partial charge in [0.15, 0.2) is 5.78 Å². The van der Waals surface area contributed by atoms with E-state index in [2.05, 4.69) is 15.3 Å². The van der Waals surface area contributed by atoms with Crippen LogP contribution in [0, 0.1) is 0 Å². The maximum absolute atomic E-state index is 12.3. The van der Waals surface area contributed by atoms with Gasteiger partial charge < -0.3 is 9.47 Å². The molecule has 138 valence electrons. The average Bonchev–Trinajstić information content (AvgIpc) is 2.78. The number of nitrogens with one attached hydrogen (secondary N) is 2. The van der Waals surface area contributed by atoms with E-state index in [0.29, 0.717) is 12.8 Å². The lowest BCUT2D eigenvalue weighted by molar-refractivity contribution is -0.118. The highest BCUT2D eigenvalue weighted by Crippen LogP contribution is 2.20. The van der Waals surface area contributed by atoms with Gasteiger partial charge in [-0.2, -0.15) is 9.97 Å². The Balaban J connectivity index is 2.09. The van der Waals surface area contributed by atoms with Gasteiger partial charge in [-0.1, -0.05) is 12.8 Å². The molecule has 1 aromatic rings. The third kappa shape index (κ3) is 5.02. The van der Waals surface area contributed by atoms with Gasteiger partial charge in [0, 0.05) is 6.42 Å². The highest BCUT2D eigenvalue weighted by atomic mass is 32.2. The molecule has 1 saturated carbocycles. The third-order valence-electron chi connectivity index (χ3n) is 3.68. The Bertz CT molecular complexity index is 729. The topological polar surface area (TPSA) is 137 Å². The first-order chi connectivity index (χ1) is 11.9. The Kier molecular flexibility index (Phi) is 6.12. The summed E-state index contributed by atoms with van der Waals surface area (Å²) in [7, 11) is -1.40. The summed E-state index contributed by atoms with van der Waals surface area (Å²) in [5.74, 6) is -0.318. The van der Waals surface area contributed by atoms with Gasteiger partial charge in [-0.3, -0.25) is 10.1 Å². The Morgan fingerprint density at radius 2 is 1.80 bits per heavy atom. The zero-order valence-electron chi connectivity index (χ0n) is 13.9. The molecular formula is C14H20N4O6S. The predicted octanol–water partition coefficient (Wildman–Crippen LogP) is 0.847. The van der Waals surface area contributed by atoms with E-state index in [1.54, 1.807) is 0 Å². The number of carbonyl (C=O) groups excluding carboxylic acids is 2. The first-order valence-corrected chi connectivity index (χ1v) is 9.22. The molecule has 1 fully saturated rings. The number of hydrogen-bond donors (Lipinski definition) is 2. The second-order valence-electron chi connectivity index (χ2n) is 5.43. The molecule has 2 amide bonds. The van der Waals surface area contributed by atoms with Crippen LogP contribution in [0.4, 0.5) is 10.7 Å². The lowest BCUT2D eigenvalue weighted by Crippen LogP contribution is -2.43. The van der Waals surface area contributed by atoms with Crippen LogP contribution in [0.1, 0.15) is 32.1 Å². The fraction of sp³-hybridized carbons (Fsp3) is 0.571. The van der Waals surface area contributed by atoms with Gasteiger partial charge in [-0.25, -0.2) is 17.9 Å². The van der Waals surface area contributed by atoms with Crippen LogP contribution >= 0.6 is 0 Å². The first kappa shape index (κ1) is 18.9. The van der Waals surface area contributed by atoms with E-state index < -0.39 is 21.3 Å². The number of anilines is 1. The standard InChI is InChI=1S/C14H20N4O6S/c1-23-11-8-12(24-2)16-13(15-11)17-14(20)18-25(21,22)10-7-5-3-4-6-9(10)19/h8,10H,3-7H2,1-2H3,(H2,15,16,17,18,20). The number of aromatic nitrogens is 2. The van der Waals surface area contributed by atoms with Crippen LogP contribution < -0.4 is 19.5 Å². The maximum atomic E-state index is 12.3. The fourth-order valence-electron chi connectivity index (χ4n) is 2.45. The number of Topliss-reactive ketones (excluding diaryl/α,β-unsaturated/α-hetero) is 1. The third-order valence-corrected chi connectivity index (χ3v) is 5.40. The van der Waals surface area contributed by atoms with Crippen LogP contribution in [0.2, 0.25) is 0 Å². The number of carbonyl (C=O) groups is 2. The Morgan fingerprint density at radius 1 is 1.16 bits per heavy atom. The molecule has 1 heterocycles. The summed E-state index contributed by atoms with van der Waals surface area (Å²) < 4.78 is 36.3. The molecular weight excluding hydrogens is 352 g/mol. The molecule has 1 aromatic heterocycles. The van der Waals surface area contributed by atoms with Crippen LogP contribution in [0.3, 0.4) is 0 Å². The number of sulfonamides is 1. The number of urea groups is 1. The van der Waals surface area contributed by atoms with Crippen molar-refractivity contribution in [1.82, 2.24) is 14.7 Å². The summed E-state index contributed by atoms with van der Waals surface area (Å²) in [6.07, 6.45) is 2.47. The van der Waals surface area contributed by atoms with Gasteiger partial charge in [0.05, 0.1) is 20.3 Å². The first-order valence-electron chi connectivity index (χ1n) is 7.68. The van der Waals surface area contributed by atoms with Crippen molar-refractivity contribution >= 4 is 27.8 Å². The molecule has 1 atom stereocenters. The smallest absolute Gasteiger partial charge is 0.335 e.